The summed E-state index contributed by atoms with van der Waals surface area (Å²) in [6, 6.07) is 7.10. The molecule has 1 aliphatic rings. The van der Waals surface area contributed by atoms with Crippen molar-refractivity contribution in [3.8, 4) is 0 Å². The Balaban J connectivity index is 1.91. The standard InChI is InChI=1S/C21H27N3O5S2/c1-5-14-8-6-7-9-16(14)24(31(4,27)28)13-18(25)22-20-19(21(26)29-3)15-10-11-23(2)12-17(15)30-20/h6-9H,5,10-13H2,1-4H3,(H,22,25). The first-order valence-corrected chi connectivity index (χ1v) is 12.6. The number of carbonyl (C=O) groups is 2. The number of hydrogen-bond donors (Lipinski definition) is 1. The van der Waals surface area contributed by atoms with Gasteiger partial charge in [-0.15, -0.1) is 11.3 Å². The van der Waals surface area contributed by atoms with E-state index in [1.54, 1.807) is 12.1 Å². The number of benzene rings is 1. The number of nitrogens with zero attached hydrogens (tertiary/aromatic N) is 2. The SMILES string of the molecule is CCc1ccccc1N(CC(=O)Nc1sc2c(c1C(=O)OC)CCN(C)C2)S(C)(=O)=O. The number of anilines is 2. The van der Waals surface area contributed by atoms with E-state index in [9.17, 15) is 18.0 Å². The number of fused-ring (bicyclic) bond motifs is 1. The molecule has 0 saturated heterocycles. The molecule has 0 radical (unpaired) electrons. The maximum absolute atomic E-state index is 12.9. The molecule has 0 atom stereocenters. The second-order valence-corrected chi connectivity index (χ2v) is 10.5. The number of para-hydroxylation sites is 1. The minimum absolute atomic E-state index is 0.365. The van der Waals surface area contributed by atoms with Crippen LogP contribution in [-0.4, -0.2) is 58.7 Å². The number of aryl methyl sites for hydroxylation is 1. The Labute approximate surface area is 186 Å². The molecular formula is C21H27N3O5S2. The molecule has 1 amide bonds. The van der Waals surface area contributed by atoms with Gasteiger partial charge in [0, 0.05) is 18.0 Å². The van der Waals surface area contributed by atoms with E-state index in [0.717, 1.165) is 33.1 Å². The fourth-order valence-electron chi connectivity index (χ4n) is 3.67. The molecule has 3 rings (SSSR count). The van der Waals surface area contributed by atoms with Gasteiger partial charge in [-0.3, -0.25) is 9.10 Å². The molecule has 1 aromatic carbocycles. The van der Waals surface area contributed by atoms with E-state index in [2.05, 4.69) is 10.2 Å². The zero-order valence-electron chi connectivity index (χ0n) is 18.1. The van der Waals surface area contributed by atoms with Gasteiger partial charge in [0.1, 0.15) is 11.5 Å². The van der Waals surface area contributed by atoms with Gasteiger partial charge in [0.15, 0.2) is 0 Å². The van der Waals surface area contributed by atoms with E-state index in [0.29, 0.717) is 35.6 Å². The molecule has 31 heavy (non-hydrogen) atoms. The third kappa shape index (κ3) is 5.08. The van der Waals surface area contributed by atoms with Gasteiger partial charge in [0.05, 0.1) is 24.6 Å². The molecule has 10 heteroatoms. The van der Waals surface area contributed by atoms with Crippen LogP contribution in [0.4, 0.5) is 10.7 Å². The van der Waals surface area contributed by atoms with Crippen LogP contribution in [0.5, 0.6) is 0 Å². The van der Waals surface area contributed by atoms with Crippen LogP contribution in [0.15, 0.2) is 24.3 Å². The highest BCUT2D eigenvalue weighted by atomic mass is 32.2. The third-order valence-corrected chi connectivity index (χ3v) is 7.48. The van der Waals surface area contributed by atoms with Crippen LogP contribution < -0.4 is 9.62 Å². The second-order valence-electron chi connectivity index (χ2n) is 7.49. The van der Waals surface area contributed by atoms with Crippen LogP contribution in [-0.2, 0) is 38.9 Å². The van der Waals surface area contributed by atoms with Crippen molar-refractivity contribution in [3.63, 3.8) is 0 Å². The van der Waals surface area contributed by atoms with Crippen LogP contribution in [0, 0.1) is 0 Å². The summed E-state index contributed by atoms with van der Waals surface area (Å²) >= 11 is 1.33. The quantitative estimate of drug-likeness (QED) is 0.631. The van der Waals surface area contributed by atoms with E-state index in [1.165, 1.54) is 18.4 Å². The first kappa shape index (κ1) is 23.2. The summed E-state index contributed by atoms with van der Waals surface area (Å²) in [7, 11) is -0.401. The number of carbonyl (C=O) groups excluding carboxylic acids is 2. The van der Waals surface area contributed by atoms with Crippen molar-refractivity contribution in [1.82, 2.24) is 4.90 Å². The Morgan fingerprint density at radius 1 is 1.29 bits per heavy atom. The molecule has 168 valence electrons. The van der Waals surface area contributed by atoms with E-state index in [1.807, 2.05) is 26.1 Å². The molecule has 0 fully saturated rings. The van der Waals surface area contributed by atoms with E-state index < -0.39 is 21.9 Å². The summed E-state index contributed by atoms with van der Waals surface area (Å²) in [6.07, 6.45) is 2.38. The number of likely N-dealkylation sites (N-methyl/N-ethyl adjacent to an activating group) is 1. The molecule has 1 aliphatic heterocycles. The van der Waals surface area contributed by atoms with E-state index >= 15 is 0 Å². The fraction of sp³-hybridized carbons (Fsp3) is 0.429. The van der Waals surface area contributed by atoms with Crippen molar-refractivity contribution in [2.45, 2.75) is 26.3 Å². The largest absolute Gasteiger partial charge is 0.465 e. The van der Waals surface area contributed by atoms with E-state index in [4.69, 9.17) is 4.74 Å². The first-order chi connectivity index (χ1) is 14.7. The third-order valence-electron chi connectivity index (χ3n) is 5.22. The summed E-state index contributed by atoms with van der Waals surface area (Å²) in [5.41, 5.74) is 2.55. The summed E-state index contributed by atoms with van der Waals surface area (Å²) < 4.78 is 31.0. The summed E-state index contributed by atoms with van der Waals surface area (Å²) in [5, 5.41) is 3.16. The zero-order valence-corrected chi connectivity index (χ0v) is 19.7. The number of nitrogens with one attached hydrogen (secondary N) is 1. The van der Waals surface area contributed by atoms with Crippen molar-refractivity contribution >= 4 is 43.9 Å². The normalized spacial score (nSPS) is 14.1. The summed E-state index contributed by atoms with van der Waals surface area (Å²) in [6.45, 7) is 3.02. The molecule has 0 unspecified atom stereocenters. The van der Waals surface area contributed by atoms with Gasteiger partial charge in [-0.05, 0) is 37.1 Å². The predicted octanol–water partition coefficient (Wildman–Crippen LogP) is 2.49. The molecule has 2 aromatic rings. The molecule has 1 N–H and O–H groups in total. The van der Waals surface area contributed by atoms with Crippen molar-refractivity contribution in [2.24, 2.45) is 0 Å². The molecule has 0 bridgehead atoms. The minimum Gasteiger partial charge on any atom is -0.465 e. The van der Waals surface area contributed by atoms with Crippen LogP contribution in [0.3, 0.4) is 0 Å². The highest BCUT2D eigenvalue weighted by Crippen LogP contribution is 2.37. The number of ether oxygens (including phenoxy) is 1. The summed E-state index contributed by atoms with van der Waals surface area (Å²) in [4.78, 5) is 28.5. The van der Waals surface area contributed by atoms with Gasteiger partial charge >= 0.3 is 5.97 Å². The van der Waals surface area contributed by atoms with Crippen molar-refractivity contribution in [3.05, 3.63) is 45.8 Å². The molecule has 0 aliphatic carbocycles. The Hall–Kier alpha value is -2.43. The van der Waals surface area contributed by atoms with Gasteiger partial charge < -0.3 is 15.0 Å². The number of thiophene rings is 1. The molecule has 0 spiro atoms. The lowest BCUT2D eigenvalue weighted by molar-refractivity contribution is -0.114. The van der Waals surface area contributed by atoms with Crippen molar-refractivity contribution in [1.29, 1.82) is 0 Å². The maximum Gasteiger partial charge on any atom is 0.341 e. The van der Waals surface area contributed by atoms with Gasteiger partial charge in [-0.25, -0.2) is 13.2 Å². The molecule has 2 heterocycles. The Morgan fingerprint density at radius 2 is 2.00 bits per heavy atom. The predicted molar refractivity (Wildman–Crippen MR) is 122 cm³/mol. The Kier molecular flexibility index (Phi) is 7.03. The van der Waals surface area contributed by atoms with E-state index in [-0.39, 0.29) is 6.54 Å². The Bertz CT molecular complexity index is 1090. The molecular weight excluding hydrogens is 438 g/mol. The second kappa shape index (κ2) is 9.37. The number of amides is 1. The topological polar surface area (TPSA) is 96.0 Å². The molecule has 0 saturated carbocycles. The van der Waals surface area contributed by atoms with Crippen LogP contribution >= 0.6 is 11.3 Å². The number of sulfonamides is 1. The average Bonchev–Trinajstić information content (AvgIpc) is 3.07. The zero-order chi connectivity index (χ0) is 22.8. The highest BCUT2D eigenvalue weighted by Gasteiger charge is 2.29. The first-order valence-electron chi connectivity index (χ1n) is 9.92. The minimum atomic E-state index is -3.70. The van der Waals surface area contributed by atoms with Crippen molar-refractivity contribution in [2.75, 3.05) is 43.1 Å². The monoisotopic (exact) mass is 465 g/mol. The van der Waals surface area contributed by atoms with Crippen molar-refractivity contribution < 1.29 is 22.7 Å². The maximum atomic E-state index is 12.9. The highest BCUT2D eigenvalue weighted by molar-refractivity contribution is 7.92. The van der Waals surface area contributed by atoms with Gasteiger partial charge in [-0.1, -0.05) is 25.1 Å². The lowest BCUT2D eigenvalue weighted by Gasteiger charge is -2.24. The van der Waals surface area contributed by atoms with Gasteiger partial charge in [0.2, 0.25) is 15.9 Å². The smallest absolute Gasteiger partial charge is 0.341 e. The van der Waals surface area contributed by atoms with Crippen LogP contribution in [0.25, 0.3) is 0 Å². The lowest BCUT2D eigenvalue weighted by atomic mass is 10.0. The summed E-state index contributed by atoms with van der Waals surface area (Å²) in [5.74, 6) is -1.03. The fourth-order valence-corrected chi connectivity index (χ4v) is 5.89. The number of hydrogen-bond acceptors (Lipinski definition) is 7. The lowest BCUT2D eigenvalue weighted by Crippen LogP contribution is -2.38. The van der Waals surface area contributed by atoms with Gasteiger partial charge in [-0.2, -0.15) is 0 Å². The molecule has 8 nitrogen and oxygen atoms in total. The molecule has 1 aromatic heterocycles. The van der Waals surface area contributed by atoms with Crippen LogP contribution in [0.1, 0.15) is 33.3 Å². The average molecular weight is 466 g/mol. The number of methoxy groups -OCH3 is 1. The Morgan fingerprint density at radius 3 is 2.65 bits per heavy atom. The van der Waals surface area contributed by atoms with Gasteiger partial charge in [0.25, 0.3) is 0 Å². The number of rotatable bonds is 7. The van der Waals surface area contributed by atoms with Crippen LogP contribution in [0.2, 0.25) is 0 Å². The number of esters is 1.